The molecule has 2 heterocycles. The lowest BCUT2D eigenvalue weighted by molar-refractivity contribution is -0.117. The zero-order valence-corrected chi connectivity index (χ0v) is 17.6. The number of imidazole rings is 1. The van der Waals surface area contributed by atoms with Gasteiger partial charge in [-0.1, -0.05) is 24.3 Å². The number of hydrogen-bond acceptors (Lipinski definition) is 4. The number of amidine groups is 1. The molecule has 2 aromatic heterocycles. The van der Waals surface area contributed by atoms with Gasteiger partial charge in [-0.25, -0.2) is 4.79 Å². The Hall–Kier alpha value is -3.20. The van der Waals surface area contributed by atoms with Crippen LogP contribution in [0.25, 0.3) is 11.2 Å². The molecule has 30 heavy (non-hydrogen) atoms. The largest absolute Gasteiger partial charge is 0.383 e. The van der Waals surface area contributed by atoms with Gasteiger partial charge in [0.05, 0.1) is 0 Å². The lowest BCUT2D eigenvalue weighted by Crippen LogP contribution is -2.40. The smallest absolute Gasteiger partial charge is 0.332 e. The summed E-state index contributed by atoms with van der Waals surface area (Å²) in [5.41, 5.74) is 7.10. The summed E-state index contributed by atoms with van der Waals surface area (Å²) in [4.78, 5) is 48.0. The molecule has 3 N–H and O–H groups in total. The fraction of sp³-hybridized carbons (Fsp3) is 0.350. The van der Waals surface area contributed by atoms with E-state index >= 15 is 0 Å². The van der Waals surface area contributed by atoms with E-state index in [-0.39, 0.29) is 41.2 Å². The van der Waals surface area contributed by atoms with E-state index in [1.54, 1.807) is 6.92 Å². The Morgan fingerprint density at radius 1 is 1.23 bits per heavy atom. The van der Waals surface area contributed by atoms with Gasteiger partial charge in [-0.15, -0.1) is 0 Å². The van der Waals surface area contributed by atoms with E-state index in [4.69, 9.17) is 17.3 Å². The number of nitrogens with one attached hydrogen (secondary N) is 1. The highest BCUT2D eigenvalue weighted by atomic mass is 35.5. The molecule has 0 saturated carbocycles. The summed E-state index contributed by atoms with van der Waals surface area (Å²) in [5.74, 6) is -0.161. The number of aryl methyl sites for hydroxylation is 2. The number of halogens is 1. The summed E-state index contributed by atoms with van der Waals surface area (Å²) in [6.45, 7) is 4.21. The molecule has 0 aliphatic rings. The average molecular weight is 431 g/mol. The minimum Gasteiger partial charge on any atom is -0.383 e. The second kappa shape index (κ2) is 9.08. The third-order valence-corrected chi connectivity index (χ3v) is 5.02. The first-order chi connectivity index (χ1) is 14.3. The van der Waals surface area contributed by atoms with E-state index in [0.29, 0.717) is 19.4 Å². The van der Waals surface area contributed by atoms with Gasteiger partial charge in [-0.3, -0.25) is 18.7 Å². The number of carbonyl (C=O) groups is 1. The molecule has 0 radical (unpaired) electrons. The molecule has 0 bridgehead atoms. The highest BCUT2D eigenvalue weighted by Gasteiger charge is 2.16. The van der Waals surface area contributed by atoms with Gasteiger partial charge in [0.1, 0.15) is 5.84 Å². The number of hydrogen-bond donors (Lipinski definition) is 2. The van der Waals surface area contributed by atoms with Crippen LogP contribution in [0.3, 0.4) is 0 Å². The minimum absolute atomic E-state index is 0.0520. The number of nitrogens with two attached hydrogens (primary N) is 1. The lowest BCUT2D eigenvalue weighted by atomic mass is 10.1. The van der Waals surface area contributed by atoms with Gasteiger partial charge >= 0.3 is 5.69 Å². The molecule has 3 aromatic rings. The Morgan fingerprint density at radius 3 is 2.67 bits per heavy atom. The normalized spacial score (nSPS) is 11.9. The molecule has 0 aliphatic carbocycles. The van der Waals surface area contributed by atoms with Gasteiger partial charge in [0.25, 0.3) is 5.56 Å². The van der Waals surface area contributed by atoms with E-state index in [2.05, 4.69) is 15.0 Å². The summed E-state index contributed by atoms with van der Waals surface area (Å²) >= 11 is 5.86. The number of aliphatic imine (C=N–C) groups is 1. The number of fused-ring (bicyclic) bond motifs is 1. The van der Waals surface area contributed by atoms with Crippen molar-refractivity contribution in [2.75, 3.05) is 0 Å². The zero-order chi connectivity index (χ0) is 21.8. The Labute approximate surface area is 177 Å². The predicted molar refractivity (Wildman–Crippen MR) is 116 cm³/mol. The topological polar surface area (TPSA) is 128 Å². The van der Waals surface area contributed by atoms with Crippen LogP contribution in [-0.4, -0.2) is 30.8 Å². The van der Waals surface area contributed by atoms with Gasteiger partial charge in [-0.2, -0.15) is 9.98 Å². The maximum absolute atomic E-state index is 12.6. The van der Waals surface area contributed by atoms with Crippen LogP contribution in [0.15, 0.2) is 38.8 Å². The van der Waals surface area contributed by atoms with Crippen LogP contribution >= 0.6 is 11.6 Å². The first kappa shape index (κ1) is 21.5. The van der Waals surface area contributed by atoms with Crippen molar-refractivity contribution < 1.29 is 4.79 Å². The van der Waals surface area contributed by atoms with Crippen molar-refractivity contribution in [1.82, 2.24) is 19.1 Å². The fourth-order valence-electron chi connectivity index (χ4n) is 3.28. The van der Waals surface area contributed by atoms with Crippen molar-refractivity contribution >= 4 is 34.5 Å². The molecule has 1 aromatic carbocycles. The predicted octanol–water partition coefficient (Wildman–Crippen LogP) is 1.97. The summed E-state index contributed by atoms with van der Waals surface area (Å²) in [6, 6.07) is 7.42. The Balaban J connectivity index is 1.67. The molecule has 0 spiro atoms. The monoisotopic (exact) mass is 430 g/mol. The van der Waals surface area contributed by atoms with Crippen LogP contribution in [0, 0.1) is 6.92 Å². The Bertz CT molecular complexity index is 1240. The van der Waals surface area contributed by atoms with Gasteiger partial charge in [0.15, 0.2) is 11.2 Å². The van der Waals surface area contributed by atoms with Crippen molar-refractivity contribution in [3.05, 3.63) is 61.5 Å². The number of aromatic amines is 1. The molecule has 0 aliphatic heterocycles. The number of aromatic nitrogens is 4. The minimum atomic E-state index is -0.479. The van der Waals surface area contributed by atoms with Crippen LogP contribution in [0.1, 0.15) is 37.3 Å². The van der Waals surface area contributed by atoms with E-state index in [1.165, 1.54) is 4.57 Å². The third kappa shape index (κ3) is 4.35. The van der Waals surface area contributed by atoms with Gasteiger partial charge in [-0.05, 0) is 43.9 Å². The SMILES string of the molecule is CCn1c(=O)n(CCCCC(=O)N=C(N)c2ccccc2C)c(=O)c2[nH]c(Cl)nc21. The average Bonchev–Trinajstić information content (AvgIpc) is 3.09. The quantitative estimate of drug-likeness (QED) is 0.256. The van der Waals surface area contributed by atoms with Gasteiger partial charge in [0.2, 0.25) is 11.2 Å². The number of nitrogens with zero attached hydrogens (tertiary/aromatic N) is 4. The number of benzene rings is 1. The van der Waals surface area contributed by atoms with E-state index in [0.717, 1.165) is 15.7 Å². The number of amides is 1. The molecule has 9 nitrogen and oxygen atoms in total. The zero-order valence-electron chi connectivity index (χ0n) is 16.8. The molecular formula is C20H23ClN6O3. The number of H-pyrrole nitrogens is 1. The van der Waals surface area contributed by atoms with Crippen molar-refractivity contribution in [1.29, 1.82) is 0 Å². The molecular weight excluding hydrogens is 408 g/mol. The molecule has 1 amide bonds. The molecule has 0 atom stereocenters. The summed E-state index contributed by atoms with van der Waals surface area (Å²) in [6.07, 6.45) is 1.09. The number of unbranched alkanes of at least 4 members (excludes halogenated alkanes) is 1. The van der Waals surface area contributed by atoms with Crippen LogP contribution in [0.2, 0.25) is 5.28 Å². The number of rotatable bonds is 7. The van der Waals surface area contributed by atoms with E-state index < -0.39 is 11.2 Å². The van der Waals surface area contributed by atoms with Crippen LogP contribution < -0.4 is 17.0 Å². The van der Waals surface area contributed by atoms with Crippen molar-refractivity contribution in [2.45, 2.75) is 46.2 Å². The highest BCUT2D eigenvalue weighted by molar-refractivity contribution is 6.29. The van der Waals surface area contributed by atoms with Crippen LogP contribution in [0.4, 0.5) is 0 Å². The standard InChI is InChI=1S/C20H23ClN6O3/c1-3-26-17-15(24-19(21)25-17)18(29)27(20(26)30)11-7-6-10-14(28)23-16(22)13-9-5-4-8-12(13)2/h4-5,8-9H,3,6-7,10-11H2,1-2H3,(H,24,25)(H2,22,23,28). The van der Waals surface area contributed by atoms with Crippen molar-refractivity contribution in [3.63, 3.8) is 0 Å². The third-order valence-electron chi connectivity index (χ3n) is 4.84. The second-order valence-corrected chi connectivity index (χ2v) is 7.23. The molecule has 0 unspecified atom stereocenters. The van der Waals surface area contributed by atoms with Crippen molar-refractivity contribution in [2.24, 2.45) is 10.7 Å². The van der Waals surface area contributed by atoms with E-state index in [9.17, 15) is 14.4 Å². The maximum atomic E-state index is 12.6. The molecule has 0 saturated heterocycles. The van der Waals surface area contributed by atoms with E-state index in [1.807, 2.05) is 31.2 Å². The number of carbonyl (C=O) groups excluding carboxylic acids is 1. The summed E-state index contributed by atoms with van der Waals surface area (Å²) in [5, 5.41) is 0.0520. The summed E-state index contributed by atoms with van der Waals surface area (Å²) in [7, 11) is 0. The summed E-state index contributed by atoms with van der Waals surface area (Å²) < 4.78 is 2.52. The van der Waals surface area contributed by atoms with Gasteiger partial charge < -0.3 is 10.7 Å². The first-order valence-corrected chi connectivity index (χ1v) is 10.0. The fourth-order valence-corrected chi connectivity index (χ4v) is 3.45. The van der Waals surface area contributed by atoms with Crippen LogP contribution in [0.5, 0.6) is 0 Å². The molecule has 10 heteroatoms. The lowest BCUT2D eigenvalue weighted by Gasteiger charge is -2.09. The Kier molecular flexibility index (Phi) is 6.51. The second-order valence-electron chi connectivity index (χ2n) is 6.87. The van der Waals surface area contributed by atoms with Crippen LogP contribution in [-0.2, 0) is 17.9 Å². The molecule has 3 rings (SSSR count). The van der Waals surface area contributed by atoms with Gasteiger partial charge in [0, 0.05) is 25.1 Å². The molecule has 158 valence electrons. The maximum Gasteiger partial charge on any atom is 0.332 e. The van der Waals surface area contributed by atoms with Crippen molar-refractivity contribution in [3.8, 4) is 0 Å². The molecule has 0 fully saturated rings. The Morgan fingerprint density at radius 2 is 1.97 bits per heavy atom. The highest BCUT2D eigenvalue weighted by Crippen LogP contribution is 2.10. The first-order valence-electron chi connectivity index (χ1n) is 9.65.